The number of carbonyl (C=O) groups excluding carboxylic acids is 2. The van der Waals surface area contributed by atoms with Gasteiger partial charge in [0, 0.05) is 30.9 Å². The number of hydrogen-bond acceptors (Lipinski definition) is 6. The maximum atomic E-state index is 10.6. The second-order valence-corrected chi connectivity index (χ2v) is 3.16. The molecule has 20 heavy (non-hydrogen) atoms. The van der Waals surface area contributed by atoms with Crippen molar-refractivity contribution in [3.8, 4) is 0 Å². The molecule has 0 aliphatic carbocycles. The Morgan fingerprint density at radius 2 is 1.30 bits per heavy atom. The van der Waals surface area contributed by atoms with Gasteiger partial charge in [0.1, 0.15) is 0 Å². The number of carbonyl (C=O) groups is 4. The minimum Gasteiger partial charge on any atom is -0.478 e. The first kappa shape index (κ1) is 19.9. The van der Waals surface area contributed by atoms with Crippen LogP contribution in [-0.2, 0) is 23.9 Å². The summed E-state index contributed by atoms with van der Waals surface area (Å²) in [4.78, 5) is 41.1. The number of ether oxygens (including phenoxy) is 1. The Balaban J connectivity index is 0. The minimum atomic E-state index is -1.37. The molecule has 0 aliphatic rings. The van der Waals surface area contributed by atoms with Crippen LogP contribution in [0, 0.1) is 0 Å². The highest BCUT2D eigenvalue weighted by Crippen LogP contribution is 1.86. The molecule has 112 valence electrons. The zero-order valence-electron chi connectivity index (χ0n) is 10.8. The van der Waals surface area contributed by atoms with Crippen LogP contribution in [0.5, 0.6) is 0 Å². The van der Waals surface area contributed by atoms with Gasteiger partial charge in [-0.25, -0.2) is 19.2 Å². The molecule has 3 N–H and O–H groups in total. The molecule has 0 amide bonds. The molecule has 0 bridgehead atoms. The van der Waals surface area contributed by atoms with E-state index in [0.717, 1.165) is 12.8 Å². The van der Waals surface area contributed by atoms with Gasteiger partial charge in [-0.2, -0.15) is 0 Å². The van der Waals surface area contributed by atoms with Crippen LogP contribution >= 0.6 is 0 Å². The summed E-state index contributed by atoms with van der Waals surface area (Å²) in [5.74, 6) is -5.14. The van der Waals surface area contributed by atoms with Crippen LogP contribution in [0.4, 0.5) is 0 Å². The summed E-state index contributed by atoms with van der Waals surface area (Å²) in [6, 6.07) is 0. The van der Waals surface area contributed by atoms with Gasteiger partial charge in [-0.15, -0.1) is 0 Å². The van der Waals surface area contributed by atoms with Crippen LogP contribution in [-0.4, -0.2) is 45.8 Å². The third kappa shape index (κ3) is 17.9. The van der Waals surface area contributed by atoms with Crippen molar-refractivity contribution in [2.75, 3.05) is 6.61 Å². The van der Waals surface area contributed by atoms with Gasteiger partial charge in [0.2, 0.25) is 0 Å². The van der Waals surface area contributed by atoms with E-state index in [-0.39, 0.29) is 0 Å². The van der Waals surface area contributed by atoms with Crippen LogP contribution in [0.25, 0.3) is 0 Å². The van der Waals surface area contributed by atoms with Crippen LogP contribution in [0.2, 0.25) is 0 Å². The molecule has 0 fully saturated rings. The smallest absolute Gasteiger partial charge is 0.338 e. The molecule has 0 unspecified atom stereocenters. The molecule has 0 aromatic heterocycles. The molecule has 0 aliphatic heterocycles. The summed E-state index contributed by atoms with van der Waals surface area (Å²) in [5, 5.41) is 24.3. The van der Waals surface area contributed by atoms with E-state index in [2.05, 4.69) is 11.7 Å². The molecule has 0 atom stereocenters. The lowest BCUT2D eigenvalue weighted by molar-refractivity contribution is -0.153. The Labute approximate surface area is 115 Å². The molecule has 0 saturated heterocycles. The number of aliphatic hydroxyl groups excluding tert-OH is 1. The Kier molecular flexibility index (Phi) is 12.9. The van der Waals surface area contributed by atoms with Gasteiger partial charge in [0.15, 0.2) is 0 Å². The average molecular weight is 288 g/mol. The third-order valence-corrected chi connectivity index (χ3v) is 1.44. The maximum absolute atomic E-state index is 10.6. The predicted octanol–water partition coefficient (Wildman–Crippen LogP) is 0.117. The zero-order valence-corrected chi connectivity index (χ0v) is 10.8. The number of carboxylic acid groups (broad SMARTS) is 2. The summed E-state index contributed by atoms with van der Waals surface area (Å²) in [5.41, 5.74) is 0. The Bertz CT molecular complexity index is 358. The van der Waals surface area contributed by atoms with E-state index in [9.17, 15) is 19.2 Å². The predicted molar refractivity (Wildman–Crippen MR) is 66.6 cm³/mol. The van der Waals surface area contributed by atoms with Crippen molar-refractivity contribution < 1.29 is 39.2 Å². The number of aliphatic hydroxyl groups is 1. The summed E-state index contributed by atoms with van der Waals surface area (Å²) in [7, 11) is 0. The molecule has 8 nitrogen and oxygen atoms in total. The van der Waals surface area contributed by atoms with E-state index in [4.69, 9.17) is 15.3 Å². The summed E-state index contributed by atoms with van der Waals surface area (Å²) >= 11 is 0. The first-order valence-corrected chi connectivity index (χ1v) is 5.52. The van der Waals surface area contributed by atoms with Gasteiger partial charge >= 0.3 is 23.9 Å². The lowest BCUT2D eigenvalue weighted by atomic mass is 10.4. The highest BCUT2D eigenvalue weighted by Gasteiger charge is 2.04. The standard InChI is InChI=1S/C8H6O7.C4H10O/c9-5(10)1-3-7(13)15-8(14)4-2-6(11)12;1-2-3-4-5/h1-4H,(H,9,10)(H,11,12);5H,2-4H2,1H3/b3-1-,4-2-;. The first-order chi connectivity index (χ1) is 9.33. The molecule has 0 radical (unpaired) electrons. The molecule has 0 rings (SSSR count). The largest absolute Gasteiger partial charge is 0.478 e. The fraction of sp³-hybridized carbons (Fsp3) is 0.333. The minimum absolute atomic E-state index is 0.344. The first-order valence-electron chi connectivity index (χ1n) is 5.52. The van der Waals surface area contributed by atoms with Crippen molar-refractivity contribution in [1.82, 2.24) is 0 Å². The molecule has 0 spiro atoms. The Morgan fingerprint density at radius 3 is 1.50 bits per heavy atom. The zero-order chi connectivity index (χ0) is 16.0. The highest BCUT2D eigenvalue weighted by atomic mass is 16.6. The SMILES string of the molecule is CCCCO.O=C(O)/C=C\C(=O)OC(=O)/C=C\C(=O)O. The average Bonchev–Trinajstić information content (AvgIpc) is 2.35. The van der Waals surface area contributed by atoms with Crippen LogP contribution in [0.3, 0.4) is 0 Å². The molecular formula is C12H16O8. The van der Waals surface area contributed by atoms with Crippen molar-refractivity contribution in [1.29, 1.82) is 0 Å². The second-order valence-electron chi connectivity index (χ2n) is 3.16. The molecule has 0 saturated carbocycles. The van der Waals surface area contributed by atoms with Crippen molar-refractivity contribution >= 4 is 23.9 Å². The van der Waals surface area contributed by atoms with Crippen molar-refractivity contribution in [2.45, 2.75) is 19.8 Å². The van der Waals surface area contributed by atoms with Gasteiger partial charge in [-0.05, 0) is 6.42 Å². The van der Waals surface area contributed by atoms with E-state index >= 15 is 0 Å². The quantitative estimate of drug-likeness (QED) is 0.356. The van der Waals surface area contributed by atoms with Gasteiger partial charge in [-0.3, -0.25) is 0 Å². The summed E-state index contributed by atoms with van der Waals surface area (Å²) < 4.78 is 3.97. The molecule has 8 heteroatoms. The Hall–Kier alpha value is -2.48. The number of rotatable bonds is 6. The van der Waals surface area contributed by atoms with Crippen LogP contribution < -0.4 is 0 Å². The fourth-order valence-electron chi connectivity index (χ4n) is 0.604. The molecule has 0 aromatic carbocycles. The number of carboxylic acids is 2. The Morgan fingerprint density at radius 1 is 0.900 bits per heavy atom. The third-order valence-electron chi connectivity index (χ3n) is 1.44. The molecular weight excluding hydrogens is 272 g/mol. The lowest BCUT2D eigenvalue weighted by Gasteiger charge is -1.92. The maximum Gasteiger partial charge on any atom is 0.338 e. The van der Waals surface area contributed by atoms with Gasteiger partial charge in [0.25, 0.3) is 0 Å². The van der Waals surface area contributed by atoms with Crippen molar-refractivity contribution in [3.05, 3.63) is 24.3 Å². The highest BCUT2D eigenvalue weighted by molar-refractivity contribution is 6.00. The summed E-state index contributed by atoms with van der Waals surface area (Å²) in [6.07, 6.45) is 4.05. The van der Waals surface area contributed by atoms with E-state index in [1.165, 1.54) is 0 Å². The van der Waals surface area contributed by atoms with E-state index < -0.39 is 23.9 Å². The molecule has 0 aromatic rings. The van der Waals surface area contributed by atoms with E-state index in [1.54, 1.807) is 0 Å². The van der Waals surface area contributed by atoms with Gasteiger partial charge in [-0.1, -0.05) is 13.3 Å². The van der Waals surface area contributed by atoms with E-state index in [1.807, 2.05) is 0 Å². The number of hydrogen-bond donors (Lipinski definition) is 3. The summed E-state index contributed by atoms with van der Waals surface area (Å²) in [6.45, 7) is 2.40. The fourth-order valence-corrected chi connectivity index (χ4v) is 0.604. The lowest BCUT2D eigenvalue weighted by Crippen LogP contribution is -2.08. The van der Waals surface area contributed by atoms with Gasteiger partial charge < -0.3 is 20.1 Å². The monoisotopic (exact) mass is 288 g/mol. The number of aliphatic carboxylic acids is 2. The topological polar surface area (TPSA) is 138 Å². The second kappa shape index (κ2) is 13.0. The van der Waals surface area contributed by atoms with Crippen molar-refractivity contribution in [3.63, 3.8) is 0 Å². The van der Waals surface area contributed by atoms with Crippen LogP contribution in [0.1, 0.15) is 19.8 Å². The van der Waals surface area contributed by atoms with E-state index in [0.29, 0.717) is 30.9 Å². The normalized spacial score (nSPS) is 9.90. The van der Waals surface area contributed by atoms with Crippen molar-refractivity contribution in [2.24, 2.45) is 0 Å². The molecule has 0 heterocycles. The van der Waals surface area contributed by atoms with Crippen LogP contribution in [0.15, 0.2) is 24.3 Å². The number of unbranched alkanes of at least 4 members (excludes halogenated alkanes) is 1. The number of esters is 2. The van der Waals surface area contributed by atoms with Gasteiger partial charge in [0.05, 0.1) is 0 Å².